The molecule has 2 heterocycles. The van der Waals surface area contributed by atoms with Gasteiger partial charge in [0.15, 0.2) is 0 Å². The van der Waals surface area contributed by atoms with Crippen LogP contribution < -0.4 is 10.1 Å². The van der Waals surface area contributed by atoms with Crippen LogP contribution in [-0.2, 0) is 14.4 Å². The van der Waals surface area contributed by atoms with Crippen LogP contribution in [0.5, 0.6) is 11.5 Å². The number of para-hydroxylation sites is 1. The summed E-state index contributed by atoms with van der Waals surface area (Å²) in [5.41, 5.74) is -0.755. The Morgan fingerprint density at radius 3 is 2.27 bits per heavy atom. The van der Waals surface area contributed by atoms with E-state index < -0.39 is 35.3 Å². The molecule has 2 aromatic rings. The van der Waals surface area contributed by atoms with Gasteiger partial charge in [-0.3, -0.25) is 24.6 Å². The third kappa shape index (κ3) is 3.80. The normalized spacial score (nSPS) is 26.7. The van der Waals surface area contributed by atoms with E-state index >= 15 is 0 Å². The number of amides is 2. The van der Waals surface area contributed by atoms with Crippen LogP contribution in [0.2, 0.25) is 0 Å². The highest BCUT2D eigenvalue weighted by Crippen LogP contribution is 2.51. The number of ether oxygens (including phenoxy) is 1. The third-order valence-corrected chi connectivity index (χ3v) is 6.90. The second-order valence-corrected chi connectivity index (χ2v) is 9.12. The molecule has 7 nitrogen and oxygen atoms in total. The molecular weight excluding hydrogens is 420 g/mol. The number of carbonyl (C=O) groups is 3. The van der Waals surface area contributed by atoms with E-state index in [2.05, 4.69) is 5.32 Å². The van der Waals surface area contributed by atoms with Crippen molar-refractivity contribution < 1.29 is 24.2 Å². The van der Waals surface area contributed by atoms with Gasteiger partial charge in [0.2, 0.25) is 11.8 Å². The van der Waals surface area contributed by atoms with Gasteiger partial charge in [0.05, 0.1) is 11.8 Å². The number of hydrogen-bond donors (Lipinski definition) is 2. The third-order valence-electron chi connectivity index (χ3n) is 6.90. The van der Waals surface area contributed by atoms with Gasteiger partial charge in [0.25, 0.3) is 0 Å². The Bertz CT molecular complexity index is 1040. The second kappa shape index (κ2) is 8.98. The summed E-state index contributed by atoms with van der Waals surface area (Å²) in [6.07, 6.45) is 1.54. The zero-order chi connectivity index (χ0) is 23.8. The highest BCUT2D eigenvalue weighted by atomic mass is 16.5. The smallest absolute Gasteiger partial charge is 0.325 e. The fourth-order valence-corrected chi connectivity index (χ4v) is 5.17. The Hall–Kier alpha value is -3.19. The number of hydrogen-bond acceptors (Lipinski definition) is 5. The maximum Gasteiger partial charge on any atom is 0.325 e. The summed E-state index contributed by atoms with van der Waals surface area (Å²) in [7, 11) is 0. The van der Waals surface area contributed by atoms with Crippen LogP contribution in [0.1, 0.15) is 45.2 Å². The van der Waals surface area contributed by atoms with Crippen molar-refractivity contribution in [1.82, 2.24) is 10.2 Å². The van der Waals surface area contributed by atoms with E-state index in [1.54, 1.807) is 26.0 Å². The van der Waals surface area contributed by atoms with Gasteiger partial charge in [-0.15, -0.1) is 0 Å². The van der Waals surface area contributed by atoms with Crippen molar-refractivity contribution in [3.05, 3.63) is 60.2 Å². The first kappa shape index (κ1) is 23.0. The Labute approximate surface area is 193 Å². The number of aliphatic carboxylic acids is 1. The van der Waals surface area contributed by atoms with Gasteiger partial charge >= 0.3 is 5.97 Å². The van der Waals surface area contributed by atoms with Crippen molar-refractivity contribution >= 4 is 17.8 Å². The first-order chi connectivity index (χ1) is 15.8. The number of rotatable bonds is 8. The van der Waals surface area contributed by atoms with Crippen LogP contribution in [0.4, 0.5) is 0 Å². The first-order valence-electron chi connectivity index (χ1n) is 11.5. The standard InChI is InChI=1S/C26H30N2O5/c1-4-5-15-28-23(29)20-21(24(28)30)26(16(2)3,25(31)32)27-22(20)17-11-13-19(14-12-17)33-18-9-7-6-8-10-18/h6-14,16,20-22,27H,4-5,15H2,1-3H3,(H,31,32). The molecule has 2 aromatic carbocycles. The molecule has 2 N–H and O–H groups in total. The molecule has 2 saturated heterocycles. The summed E-state index contributed by atoms with van der Waals surface area (Å²) < 4.78 is 5.86. The van der Waals surface area contributed by atoms with Gasteiger partial charge in [0, 0.05) is 12.6 Å². The molecule has 33 heavy (non-hydrogen) atoms. The van der Waals surface area contributed by atoms with Gasteiger partial charge in [-0.2, -0.15) is 0 Å². The van der Waals surface area contributed by atoms with Crippen molar-refractivity contribution in [1.29, 1.82) is 0 Å². The molecule has 2 aliphatic rings. The van der Waals surface area contributed by atoms with Crippen LogP contribution >= 0.6 is 0 Å². The fraction of sp³-hybridized carbons (Fsp3) is 0.423. The average molecular weight is 451 g/mol. The van der Waals surface area contributed by atoms with Gasteiger partial charge in [-0.1, -0.05) is 57.5 Å². The summed E-state index contributed by atoms with van der Waals surface area (Å²) >= 11 is 0. The monoisotopic (exact) mass is 450 g/mol. The number of carboxylic acid groups (broad SMARTS) is 1. The van der Waals surface area contributed by atoms with E-state index in [9.17, 15) is 19.5 Å². The summed E-state index contributed by atoms with van der Waals surface area (Å²) in [5.74, 6) is -2.52. The molecule has 0 aromatic heterocycles. The zero-order valence-corrected chi connectivity index (χ0v) is 19.2. The molecule has 2 amide bonds. The lowest BCUT2D eigenvalue weighted by molar-refractivity contribution is -0.153. The molecular formula is C26H30N2O5. The van der Waals surface area contributed by atoms with Crippen molar-refractivity contribution in [2.75, 3.05) is 6.54 Å². The number of benzene rings is 2. The Morgan fingerprint density at radius 1 is 1.06 bits per heavy atom. The number of carboxylic acids is 1. The molecule has 4 rings (SSSR count). The van der Waals surface area contributed by atoms with Crippen LogP contribution in [0.3, 0.4) is 0 Å². The van der Waals surface area contributed by atoms with Crippen molar-refractivity contribution in [2.24, 2.45) is 17.8 Å². The molecule has 0 aliphatic carbocycles. The zero-order valence-electron chi connectivity index (χ0n) is 19.2. The van der Waals surface area contributed by atoms with Crippen LogP contribution in [0.15, 0.2) is 54.6 Å². The minimum Gasteiger partial charge on any atom is -0.480 e. The number of nitrogens with one attached hydrogen (secondary N) is 1. The SMILES string of the molecule is CCCCN1C(=O)C2C(c3ccc(Oc4ccccc4)cc3)NC(C(=O)O)(C(C)C)C2C1=O. The van der Waals surface area contributed by atoms with E-state index in [4.69, 9.17) is 4.74 Å². The maximum absolute atomic E-state index is 13.4. The first-order valence-corrected chi connectivity index (χ1v) is 11.5. The molecule has 0 bridgehead atoms. The van der Waals surface area contributed by atoms with Crippen LogP contribution in [0, 0.1) is 17.8 Å². The van der Waals surface area contributed by atoms with Crippen LogP contribution in [-0.4, -0.2) is 39.9 Å². The number of fused-ring (bicyclic) bond motifs is 1. The molecule has 7 heteroatoms. The largest absolute Gasteiger partial charge is 0.480 e. The number of unbranched alkanes of at least 4 members (excludes halogenated alkanes) is 1. The van der Waals surface area contributed by atoms with E-state index in [-0.39, 0.29) is 11.8 Å². The van der Waals surface area contributed by atoms with Gasteiger partial charge in [-0.25, -0.2) is 0 Å². The molecule has 4 unspecified atom stereocenters. The quantitative estimate of drug-likeness (QED) is 0.590. The highest BCUT2D eigenvalue weighted by Gasteiger charge is 2.69. The number of nitrogens with zero attached hydrogens (tertiary/aromatic N) is 1. The molecule has 0 spiro atoms. The Balaban J connectivity index is 1.68. The lowest BCUT2D eigenvalue weighted by atomic mass is 9.73. The summed E-state index contributed by atoms with van der Waals surface area (Å²) in [6, 6.07) is 16.1. The minimum atomic E-state index is -1.51. The Kier molecular flexibility index (Phi) is 6.26. The number of likely N-dealkylation sites (tertiary alicyclic amines) is 1. The van der Waals surface area contributed by atoms with Crippen LogP contribution in [0.25, 0.3) is 0 Å². The summed E-state index contributed by atoms with van der Waals surface area (Å²) in [6.45, 7) is 5.88. The topological polar surface area (TPSA) is 95.9 Å². The minimum absolute atomic E-state index is 0.288. The van der Waals surface area contributed by atoms with E-state index in [1.165, 1.54) is 4.90 Å². The van der Waals surface area contributed by atoms with Crippen molar-refractivity contribution in [3.63, 3.8) is 0 Å². The number of imide groups is 1. The summed E-state index contributed by atoms with van der Waals surface area (Å²) in [5, 5.41) is 13.5. The lowest BCUT2D eigenvalue weighted by Gasteiger charge is -2.34. The molecule has 4 atom stereocenters. The second-order valence-electron chi connectivity index (χ2n) is 9.12. The van der Waals surface area contributed by atoms with Gasteiger partial charge in [-0.05, 0) is 42.2 Å². The highest BCUT2D eigenvalue weighted by molar-refractivity contribution is 6.09. The fourth-order valence-electron chi connectivity index (χ4n) is 5.17. The molecule has 174 valence electrons. The van der Waals surface area contributed by atoms with E-state index in [0.29, 0.717) is 24.5 Å². The average Bonchev–Trinajstić information content (AvgIpc) is 3.29. The van der Waals surface area contributed by atoms with Crippen molar-refractivity contribution in [2.45, 2.75) is 45.2 Å². The summed E-state index contributed by atoms with van der Waals surface area (Å²) in [4.78, 5) is 40.5. The lowest BCUT2D eigenvalue weighted by Crippen LogP contribution is -2.59. The van der Waals surface area contributed by atoms with Gasteiger partial charge < -0.3 is 9.84 Å². The van der Waals surface area contributed by atoms with E-state index in [0.717, 1.165) is 12.0 Å². The molecule has 0 radical (unpaired) electrons. The Morgan fingerprint density at radius 2 is 1.70 bits per heavy atom. The molecule has 2 fully saturated rings. The molecule has 0 saturated carbocycles. The van der Waals surface area contributed by atoms with Crippen molar-refractivity contribution in [3.8, 4) is 11.5 Å². The number of carbonyl (C=O) groups excluding carboxylic acids is 2. The van der Waals surface area contributed by atoms with Gasteiger partial charge in [0.1, 0.15) is 17.0 Å². The predicted molar refractivity (Wildman–Crippen MR) is 123 cm³/mol. The predicted octanol–water partition coefficient (Wildman–Crippen LogP) is 4.00. The van der Waals surface area contributed by atoms with E-state index in [1.807, 2.05) is 49.4 Å². The molecule has 2 aliphatic heterocycles. The maximum atomic E-state index is 13.4.